The molecular weight excluding hydrogens is 522 g/mol. The lowest BCUT2D eigenvalue weighted by atomic mass is 10.2. The number of thioether (sulfide) groups is 1. The lowest BCUT2D eigenvalue weighted by molar-refractivity contribution is -0.384. The van der Waals surface area contributed by atoms with Crippen LogP contribution >= 0.6 is 11.8 Å². The summed E-state index contributed by atoms with van der Waals surface area (Å²) in [6.45, 7) is 6.19. The minimum absolute atomic E-state index is 0.00214. The molecular formula is C27H27N5O6S. The van der Waals surface area contributed by atoms with Crippen LogP contribution in [-0.2, 0) is 11.3 Å². The Morgan fingerprint density at radius 3 is 2.26 bits per heavy atom. The molecule has 0 aliphatic heterocycles. The van der Waals surface area contributed by atoms with Gasteiger partial charge in [-0.1, -0.05) is 0 Å². The molecule has 1 N–H and O–H groups in total. The molecule has 0 saturated carbocycles. The Hall–Kier alpha value is -4.58. The van der Waals surface area contributed by atoms with Crippen LogP contribution in [0.4, 0.5) is 5.69 Å². The molecule has 202 valence electrons. The first-order valence-electron chi connectivity index (χ1n) is 11.9. The number of methoxy groups -OCH3 is 2. The van der Waals surface area contributed by atoms with E-state index in [0.717, 1.165) is 34.4 Å². The summed E-state index contributed by atoms with van der Waals surface area (Å²) in [6.07, 6.45) is 1.60. The number of aromatic nitrogens is 4. The van der Waals surface area contributed by atoms with Crippen LogP contribution in [0, 0.1) is 24.0 Å². The number of ether oxygens (including phenoxy) is 2. The van der Waals surface area contributed by atoms with Crippen LogP contribution in [0.25, 0.3) is 23.2 Å². The van der Waals surface area contributed by atoms with Gasteiger partial charge in [-0.15, -0.1) is 10.2 Å². The molecule has 0 saturated heterocycles. The number of nitrogens with zero attached hydrogens (tertiary/aromatic N) is 5. The highest BCUT2D eigenvalue weighted by molar-refractivity contribution is 8.04. The molecule has 0 amide bonds. The van der Waals surface area contributed by atoms with Crippen LogP contribution in [0.5, 0.6) is 11.5 Å². The fourth-order valence-electron chi connectivity index (χ4n) is 4.23. The fraction of sp³-hybridized carbons (Fsp3) is 0.222. The summed E-state index contributed by atoms with van der Waals surface area (Å²) < 4.78 is 14.5. The first-order chi connectivity index (χ1) is 18.7. The highest BCUT2D eigenvalue weighted by Gasteiger charge is 2.20. The Labute approximate surface area is 228 Å². The van der Waals surface area contributed by atoms with E-state index in [4.69, 9.17) is 9.47 Å². The van der Waals surface area contributed by atoms with Gasteiger partial charge in [0, 0.05) is 47.4 Å². The zero-order chi connectivity index (χ0) is 28.3. The zero-order valence-electron chi connectivity index (χ0n) is 22.0. The molecule has 0 aliphatic carbocycles. The van der Waals surface area contributed by atoms with E-state index in [1.165, 1.54) is 12.1 Å². The third-order valence-corrected chi connectivity index (χ3v) is 7.13. The highest BCUT2D eigenvalue weighted by Crippen LogP contribution is 2.34. The van der Waals surface area contributed by atoms with Crippen LogP contribution in [0.1, 0.15) is 23.9 Å². The number of carboxylic acid groups (broad SMARTS) is 1. The first kappa shape index (κ1) is 27.5. The maximum absolute atomic E-state index is 12.3. The molecule has 0 radical (unpaired) electrons. The van der Waals surface area contributed by atoms with Gasteiger partial charge in [0.05, 0.1) is 19.1 Å². The average Bonchev–Trinajstić information content (AvgIpc) is 3.46. The molecule has 2 aromatic carbocycles. The Kier molecular flexibility index (Phi) is 8.05. The monoisotopic (exact) mass is 549 g/mol. The van der Waals surface area contributed by atoms with Gasteiger partial charge in [-0.3, -0.25) is 10.1 Å². The number of benzene rings is 2. The van der Waals surface area contributed by atoms with Gasteiger partial charge in [-0.2, -0.15) is 0 Å². The minimum Gasteiger partial charge on any atom is -0.497 e. The van der Waals surface area contributed by atoms with Crippen molar-refractivity contribution in [1.29, 1.82) is 0 Å². The molecule has 12 heteroatoms. The normalized spacial score (nSPS) is 11.5. The van der Waals surface area contributed by atoms with Crippen molar-refractivity contribution in [1.82, 2.24) is 19.3 Å². The Morgan fingerprint density at radius 1 is 1.08 bits per heavy atom. The lowest BCUT2D eigenvalue weighted by Crippen LogP contribution is -2.03. The predicted octanol–water partition coefficient (Wildman–Crippen LogP) is 5.52. The zero-order valence-corrected chi connectivity index (χ0v) is 22.9. The molecule has 2 heterocycles. The molecule has 2 aromatic heterocycles. The van der Waals surface area contributed by atoms with Gasteiger partial charge < -0.3 is 23.7 Å². The van der Waals surface area contributed by atoms with Gasteiger partial charge in [-0.25, -0.2) is 4.79 Å². The van der Waals surface area contributed by atoms with E-state index in [1.807, 2.05) is 48.1 Å². The summed E-state index contributed by atoms with van der Waals surface area (Å²) in [7, 11) is 3.12. The second-order valence-corrected chi connectivity index (χ2v) is 9.51. The van der Waals surface area contributed by atoms with Crippen molar-refractivity contribution in [3.8, 4) is 28.6 Å². The van der Waals surface area contributed by atoms with E-state index < -0.39 is 10.9 Å². The van der Waals surface area contributed by atoms with E-state index in [1.54, 1.807) is 38.5 Å². The Morgan fingerprint density at radius 2 is 1.72 bits per heavy atom. The van der Waals surface area contributed by atoms with Crippen molar-refractivity contribution in [2.24, 2.45) is 0 Å². The van der Waals surface area contributed by atoms with E-state index in [0.29, 0.717) is 34.6 Å². The second kappa shape index (κ2) is 11.4. The van der Waals surface area contributed by atoms with Crippen molar-refractivity contribution >= 4 is 29.5 Å². The number of aryl methyl sites for hydroxylation is 1. The maximum Gasteiger partial charge on any atom is 0.342 e. The number of hydrogen-bond donors (Lipinski definition) is 1. The molecule has 0 spiro atoms. The van der Waals surface area contributed by atoms with Gasteiger partial charge in [0.25, 0.3) is 5.69 Å². The predicted molar refractivity (Wildman–Crippen MR) is 148 cm³/mol. The highest BCUT2D eigenvalue weighted by atomic mass is 32.2. The summed E-state index contributed by atoms with van der Waals surface area (Å²) in [5, 5.41) is 30.1. The largest absolute Gasteiger partial charge is 0.497 e. The van der Waals surface area contributed by atoms with E-state index in [2.05, 4.69) is 10.2 Å². The molecule has 0 aliphatic rings. The number of nitro benzene ring substituents is 1. The summed E-state index contributed by atoms with van der Waals surface area (Å²) in [5.41, 5.74) is 3.81. The van der Waals surface area contributed by atoms with Gasteiger partial charge in [0.2, 0.25) is 0 Å². The summed E-state index contributed by atoms with van der Waals surface area (Å²) in [5.74, 6) is 0.645. The molecule has 11 nitrogen and oxygen atoms in total. The van der Waals surface area contributed by atoms with Gasteiger partial charge in [0.15, 0.2) is 11.0 Å². The summed E-state index contributed by atoms with van der Waals surface area (Å²) >= 11 is 1.01. The number of non-ortho nitro benzene ring substituents is 1. The van der Waals surface area contributed by atoms with Crippen molar-refractivity contribution < 1.29 is 24.3 Å². The van der Waals surface area contributed by atoms with Crippen LogP contribution in [0.3, 0.4) is 0 Å². The molecule has 39 heavy (non-hydrogen) atoms. The molecule has 4 aromatic rings. The molecule has 0 fully saturated rings. The molecule has 0 atom stereocenters. The number of aliphatic carboxylic acids is 1. The van der Waals surface area contributed by atoms with Crippen LogP contribution in [0.15, 0.2) is 58.6 Å². The lowest BCUT2D eigenvalue weighted by Gasteiger charge is -2.11. The number of carboxylic acids is 1. The number of rotatable bonds is 10. The third-order valence-electron chi connectivity index (χ3n) is 6.13. The Balaban J connectivity index is 1.70. The van der Waals surface area contributed by atoms with Crippen LogP contribution in [-0.4, -0.2) is 49.6 Å². The number of nitro groups is 1. The second-order valence-electron chi connectivity index (χ2n) is 8.50. The quantitative estimate of drug-likeness (QED) is 0.117. The number of hydrogen-bond acceptors (Lipinski definition) is 8. The van der Waals surface area contributed by atoms with Crippen molar-refractivity contribution in [3.05, 3.63) is 80.5 Å². The van der Waals surface area contributed by atoms with Gasteiger partial charge >= 0.3 is 5.97 Å². The molecule has 0 bridgehead atoms. The molecule has 4 rings (SSSR count). The Bertz CT molecular complexity index is 1550. The van der Waals surface area contributed by atoms with Crippen LogP contribution < -0.4 is 9.47 Å². The van der Waals surface area contributed by atoms with E-state index >= 15 is 0 Å². The first-order valence-corrected chi connectivity index (χ1v) is 12.7. The SMILES string of the molecule is CCn1c(S/C(=C\c2cc(C)n(-c3ccc([N+](=O)[O-])cc3)c2C)C(=O)O)nnc1-c1cc(OC)cc(OC)c1. The van der Waals surface area contributed by atoms with E-state index in [9.17, 15) is 20.0 Å². The van der Waals surface area contributed by atoms with Crippen molar-refractivity contribution in [2.45, 2.75) is 32.5 Å². The number of carbonyl (C=O) groups is 1. The summed E-state index contributed by atoms with van der Waals surface area (Å²) in [4.78, 5) is 22.9. The smallest absolute Gasteiger partial charge is 0.342 e. The molecule has 0 unspecified atom stereocenters. The van der Waals surface area contributed by atoms with Crippen molar-refractivity contribution in [2.75, 3.05) is 14.2 Å². The van der Waals surface area contributed by atoms with Crippen LogP contribution in [0.2, 0.25) is 0 Å². The minimum atomic E-state index is -1.10. The topological polar surface area (TPSA) is 135 Å². The third kappa shape index (κ3) is 5.65. The maximum atomic E-state index is 12.3. The van der Waals surface area contributed by atoms with Gasteiger partial charge in [0.1, 0.15) is 16.4 Å². The van der Waals surface area contributed by atoms with Gasteiger partial charge in [-0.05, 0) is 74.5 Å². The summed E-state index contributed by atoms with van der Waals surface area (Å²) in [6, 6.07) is 13.5. The van der Waals surface area contributed by atoms with Crippen molar-refractivity contribution in [3.63, 3.8) is 0 Å². The average molecular weight is 550 g/mol. The van der Waals surface area contributed by atoms with E-state index in [-0.39, 0.29) is 10.6 Å². The standard InChI is InChI=1S/C27H27N5O6S/c1-6-30-25(19-12-22(37-4)15-23(13-19)38-5)28-29-27(30)39-24(26(33)34)14-18-11-16(2)31(17(18)3)20-7-9-21(10-8-20)32(35)36/h7-15H,6H2,1-5H3,(H,33,34)/b24-14-. The fourth-order valence-corrected chi connectivity index (χ4v) is 5.11.